The monoisotopic (exact) mass is 253 g/mol. The second kappa shape index (κ2) is 4.72. The van der Waals surface area contributed by atoms with Crippen LogP contribution in [0.2, 0.25) is 0 Å². The second-order valence-corrected chi connectivity index (χ2v) is 4.30. The van der Waals surface area contributed by atoms with Gasteiger partial charge in [0.15, 0.2) is 11.6 Å². The Balaban J connectivity index is 2.41. The fraction of sp³-hybridized carbons (Fsp3) is 0.417. The normalized spacial score (nSPS) is 19.0. The van der Waals surface area contributed by atoms with Crippen molar-refractivity contribution in [3.05, 3.63) is 17.9 Å². The highest BCUT2D eigenvalue weighted by molar-refractivity contribution is 5.86. The van der Waals surface area contributed by atoms with Crippen LogP contribution in [0.1, 0.15) is 12.8 Å². The van der Waals surface area contributed by atoms with E-state index in [0.29, 0.717) is 18.7 Å². The van der Waals surface area contributed by atoms with Crippen LogP contribution in [0.15, 0.2) is 12.1 Å². The molecule has 0 bridgehead atoms. The van der Waals surface area contributed by atoms with Crippen molar-refractivity contribution in [3.63, 3.8) is 0 Å². The maximum atomic E-state index is 13.5. The molecule has 0 aromatic heterocycles. The molecule has 18 heavy (non-hydrogen) atoms. The van der Waals surface area contributed by atoms with Gasteiger partial charge in [-0.05, 0) is 12.8 Å². The molecule has 1 aliphatic heterocycles. The van der Waals surface area contributed by atoms with Crippen LogP contribution in [0.3, 0.4) is 0 Å². The number of halogens is 1. The Bertz CT molecular complexity index is 479. The van der Waals surface area contributed by atoms with Crippen LogP contribution in [0, 0.1) is 5.82 Å². The fourth-order valence-electron chi connectivity index (χ4n) is 2.31. The van der Waals surface area contributed by atoms with Crippen molar-refractivity contribution in [1.82, 2.24) is 0 Å². The van der Waals surface area contributed by atoms with E-state index < -0.39 is 11.7 Å². The van der Waals surface area contributed by atoms with Crippen LogP contribution in [-0.2, 0) is 4.79 Å². The van der Waals surface area contributed by atoms with Crippen LogP contribution in [0.5, 0.6) is 5.75 Å². The Morgan fingerprint density at radius 2 is 2.28 bits per heavy atom. The number of hydrogen-bond donors (Lipinski definition) is 2. The van der Waals surface area contributed by atoms with Gasteiger partial charge in [-0.25, -0.2) is 4.39 Å². The number of nitrogens with two attached hydrogens (primary N) is 2. The molecule has 1 aromatic carbocycles. The number of nitrogen functional groups attached to an aromatic ring is 1. The molecule has 2 rings (SSSR count). The summed E-state index contributed by atoms with van der Waals surface area (Å²) in [7, 11) is 1.38. The van der Waals surface area contributed by atoms with Crippen LogP contribution in [0.25, 0.3) is 0 Å². The summed E-state index contributed by atoms with van der Waals surface area (Å²) in [6.45, 7) is 0.673. The predicted octanol–water partition coefficient (Wildman–Crippen LogP) is 0.871. The van der Waals surface area contributed by atoms with E-state index in [0.717, 1.165) is 6.42 Å². The van der Waals surface area contributed by atoms with Gasteiger partial charge in [-0.3, -0.25) is 4.79 Å². The summed E-state index contributed by atoms with van der Waals surface area (Å²) >= 11 is 0. The number of methoxy groups -OCH3 is 1. The first kappa shape index (κ1) is 12.5. The number of benzene rings is 1. The average Bonchev–Trinajstić information content (AvgIpc) is 2.78. The van der Waals surface area contributed by atoms with E-state index in [1.54, 1.807) is 4.90 Å². The lowest BCUT2D eigenvalue weighted by Gasteiger charge is -2.26. The quantitative estimate of drug-likeness (QED) is 0.783. The van der Waals surface area contributed by atoms with Gasteiger partial charge in [0.25, 0.3) is 0 Å². The maximum absolute atomic E-state index is 13.5. The van der Waals surface area contributed by atoms with E-state index in [1.807, 2.05) is 0 Å². The number of carbonyl (C=O) groups is 1. The Kier molecular flexibility index (Phi) is 3.27. The van der Waals surface area contributed by atoms with Gasteiger partial charge in [-0.1, -0.05) is 0 Å². The molecule has 5 nitrogen and oxygen atoms in total. The lowest BCUT2D eigenvalue weighted by Crippen LogP contribution is -2.40. The van der Waals surface area contributed by atoms with Gasteiger partial charge >= 0.3 is 0 Å². The standard InChI is InChI=1S/C12H16FN3O2/c1-18-11-6-10(8(14)5-7(11)13)16-4-2-3-9(16)12(15)17/h5-6,9H,2-4,14H2,1H3,(H2,15,17). The third-order valence-corrected chi connectivity index (χ3v) is 3.19. The molecular weight excluding hydrogens is 237 g/mol. The number of ether oxygens (including phenoxy) is 1. The summed E-state index contributed by atoms with van der Waals surface area (Å²) in [4.78, 5) is 13.2. The Hall–Kier alpha value is -1.98. The summed E-state index contributed by atoms with van der Waals surface area (Å²) in [5.74, 6) is -0.807. The van der Waals surface area contributed by atoms with Gasteiger partial charge in [-0.2, -0.15) is 0 Å². The molecule has 0 saturated carbocycles. The van der Waals surface area contributed by atoms with E-state index in [4.69, 9.17) is 16.2 Å². The van der Waals surface area contributed by atoms with Gasteiger partial charge in [0.05, 0.1) is 18.5 Å². The van der Waals surface area contributed by atoms with Crippen LogP contribution >= 0.6 is 0 Å². The van der Waals surface area contributed by atoms with Gasteiger partial charge < -0.3 is 21.1 Å². The first-order chi connectivity index (χ1) is 8.54. The molecule has 1 aliphatic rings. The predicted molar refractivity (Wildman–Crippen MR) is 66.9 cm³/mol. The summed E-state index contributed by atoms with van der Waals surface area (Å²) in [5, 5.41) is 0. The molecule has 1 heterocycles. The van der Waals surface area contributed by atoms with E-state index in [-0.39, 0.29) is 17.5 Å². The molecular formula is C12H16FN3O2. The highest BCUT2D eigenvalue weighted by atomic mass is 19.1. The third kappa shape index (κ3) is 2.05. The first-order valence-corrected chi connectivity index (χ1v) is 5.73. The smallest absolute Gasteiger partial charge is 0.240 e. The maximum Gasteiger partial charge on any atom is 0.240 e. The van der Waals surface area contributed by atoms with E-state index in [2.05, 4.69) is 0 Å². The molecule has 98 valence electrons. The zero-order chi connectivity index (χ0) is 13.3. The second-order valence-electron chi connectivity index (χ2n) is 4.30. The molecule has 1 saturated heterocycles. The largest absolute Gasteiger partial charge is 0.494 e. The fourth-order valence-corrected chi connectivity index (χ4v) is 2.31. The number of primary amides is 1. The molecule has 6 heteroatoms. The Morgan fingerprint density at radius 1 is 1.56 bits per heavy atom. The van der Waals surface area contributed by atoms with E-state index in [1.165, 1.54) is 19.2 Å². The van der Waals surface area contributed by atoms with Crippen molar-refractivity contribution in [1.29, 1.82) is 0 Å². The summed E-state index contributed by atoms with van der Waals surface area (Å²) in [6.07, 6.45) is 1.54. The topological polar surface area (TPSA) is 81.6 Å². The first-order valence-electron chi connectivity index (χ1n) is 5.73. The van der Waals surface area contributed by atoms with Crippen molar-refractivity contribution in [2.45, 2.75) is 18.9 Å². The van der Waals surface area contributed by atoms with Crippen molar-refractivity contribution in [3.8, 4) is 5.75 Å². The number of hydrogen-bond acceptors (Lipinski definition) is 4. The zero-order valence-electron chi connectivity index (χ0n) is 10.1. The van der Waals surface area contributed by atoms with Crippen molar-refractivity contribution in [2.75, 3.05) is 24.3 Å². The molecule has 0 aliphatic carbocycles. The molecule has 1 aromatic rings. The summed E-state index contributed by atoms with van der Waals surface area (Å²) < 4.78 is 18.4. The van der Waals surface area contributed by atoms with Crippen LogP contribution < -0.4 is 21.1 Å². The third-order valence-electron chi connectivity index (χ3n) is 3.19. The molecule has 1 amide bonds. The van der Waals surface area contributed by atoms with E-state index in [9.17, 15) is 9.18 Å². The van der Waals surface area contributed by atoms with Crippen molar-refractivity contribution < 1.29 is 13.9 Å². The van der Waals surface area contributed by atoms with Gasteiger partial charge in [0, 0.05) is 18.7 Å². The number of rotatable bonds is 3. The molecule has 1 fully saturated rings. The zero-order valence-corrected chi connectivity index (χ0v) is 10.1. The van der Waals surface area contributed by atoms with Crippen LogP contribution in [0.4, 0.5) is 15.8 Å². The Morgan fingerprint density at radius 3 is 2.89 bits per heavy atom. The van der Waals surface area contributed by atoms with Crippen molar-refractivity contribution in [2.24, 2.45) is 5.73 Å². The van der Waals surface area contributed by atoms with Gasteiger partial charge in [0.1, 0.15) is 6.04 Å². The minimum absolute atomic E-state index is 0.106. The average molecular weight is 253 g/mol. The minimum Gasteiger partial charge on any atom is -0.494 e. The summed E-state index contributed by atoms with van der Waals surface area (Å²) in [6, 6.07) is 2.32. The number of amides is 1. The summed E-state index contributed by atoms with van der Waals surface area (Å²) in [5.41, 5.74) is 12.0. The highest BCUT2D eigenvalue weighted by Gasteiger charge is 2.30. The lowest BCUT2D eigenvalue weighted by molar-refractivity contribution is -0.119. The molecule has 0 spiro atoms. The molecule has 4 N–H and O–H groups in total. The van der Waals surface area contributed by atoms with E-state index >= 15 is 0 Å². The number of carbonyl (C=O) groups excluding carboxylic acids is 1. The number of nitrogens with zero attached hydrogens (tertiary/aromatic N) is 1. The highest BCUT2D eigenvalue weighted by Crippen LogP contribution is 2.35. The number of anilines is 2. The molecule has 1 atom stereocenters. The SMILES string of the molecule is COc1cc(N2CCCC2C(N)=O)c(N)cc1F. The van der Waals surface area contributed by atoms with Crippen LogP contribution in [-0.4, -0.2) is 25.6 Å². The van der Waals surface area contributed by atoms with Gasteiger partial charge in [-0.15, -0.1) is 0 Å². The lowest BCUT2D eigenvalue weighted by atomic mass is 10.1. The Labute approximate surface area is 104 Å². The minimum atomic E-state index is -0.520. The molecule has 1 unspecified atom stereocenters. The van der Waals surface area contributed by atoms with Gasteiger partial charge in [0.2, 0.25) is 5.91 Å². The molecule has 0 radical (unpaired) electrons. The van der Waals surface area contributed by atoms with Crippen molar-refractivity contribution >= 4 is 17.3 Å².